The minimum Gasteiger partial charge on any atom is -0.476 e. The zero-order chi connectivity index (χ0) is 15.2. The molecular formula is C15H16ClN3O2. The van der Waals surface area contributed by atoms with Crippen molar-refractivity contribution in [2.75, 3.05) is 5.73 Å². The summed E-state index contributed by atoms with van der Waals surface area (Å²) in [5, 5.41) is 9.27. The molecule has 5 nitrogen and oxygen atoms in total. The molecule has 0 aliphatic heterocycles. The molecule has 2 aromatic rings. The number of carboxylic acids is 1. The van der Waals surface area contributed by atoms with E-state index in [1.807, 2.05) is 18.2 Å². The van der Waals surface area contributed by atoms with Crippen molar-refractivity contribution in [3.05, 3.63) is 52.3 Å². The van der Waals surface area contributed by atoms with Crippen molar-refractivity contribution >= 4 is 23.5 Å². The van der Waals surface area contributed by atoms with Gasteiger partial charge in [-0.05, 0) is 31.2 Å². The molecule has 0 spiro atoms. The smallest absolute Gasteiger partial charge is 0.355 e. The predicted molar refractivity (Wildman–Crippen MR) is 81.5 cm³/mol. The maximum atomic E-state index is 11.2. The SMILES string of the molecule is Nc1nc(Cl)c(CCCCc2ccccc2)c(C(=O)O)n1. The molecule has 0 atom stereocenters. The summed E-state index contributed by atoms with van der Waals surface area (Å²) < 4.78 is 0. The number of nitrogen functional groups attached to an aromatic ring is 1. The maximum absolute atomic E-state index is 11.2. The Morgan fingerprint density at radius 1 is 1.14 bits per heavy atom. The van der Waals surface area contributed by atoms with Crippen molar-refractivity contribution in [1.82, 2.24) is 9.97 Å². The zero-order valence-electron chi connectivity index (χ0n) is 11.4. The number of aryl methyl sites for hydroxylation is 1. The third kappa shape index (κ3) is 4.16. The number of aromatic carboxylic acids is 1. The minimum absolute atomic E-state index is 0.104. The van der Waals surface area contributed by atoms with Crippen LogP contribution in [0.4, 0.5) is 5.95 Å². The Hall–Kier alpha value is -2.14. The van der Waals surface area contributed by atoms with E-state index in [-0.39, 0.29) is 16.8 Å². The summed E-state index contributed by atoms with van der Waals surface area (Å²) >= 11 is 5.98. The lowest BCUT2D eigenvalue weighted by molar-refractivity contribution is 0.0689. The largest absolute Gasteiger partial charge is 0.476 e. The Morgan fingerprint density at radius 3 is 2.48 bits per heavy atom. The fourth-order valence-electron chi connectivity index (χ4n) is 2.15. The van der Waals surface area contributed by atoms with Crippen LogP contribution in [0.15, 0.2) is 30.3 Å². The van der Waals surface area contributed by atoms with Crippen LogP contribution in [0, 0.1) is 0 Å². The first-order valence-electron chi connectivity index (χ1n) is 6.67. The average molecular weight is 306 g/mol. The molecular weight excluding hydrogens is 290 g/mol. The number of aromatic nitrogens is 2. The number of halogens is 1. The van der Waals surface area contributed by atoms with E-state index in [0.29, 0.717) is 12.0 Å². The van der Waals surface area contributed by atoms with Gasteiger partial charge in [0.05, 0.1) is 0 Å². The number of carbonyl (C=O) groups is 1. The zero-order valence-corrected chi connectivity index (χ0v) is 12.2. The first kappa shape index (κ1) is 15.3. The van der Waals surface area contributed by atoms with Crippen LogP contribution in [0.3, 0.4) is 0 Å². The van der Waals surface area contributed by atoms with Crippen molar-refractivity contribution in [2.45, 2.75) is 25.7 Å². The standard InChI is InChI=1S/C15H16ClN3O2/c16-13-11(12(14(20)21)18-15(17)19-13)9-5-4-8-10-6-2-1-3-7-10/h1-3,6-7H,4-5,8-9H2,(H,20,21)(H2,17,18,19). The molecule has 6 heteroatoms. The van der Waals surface area contributed by atoms with Gasteiger partial charge in [0.2, 0.25) is 5.95 Å². The van der Waals surface area contributed by atoms with Crippen LogP contribution < -0.4 is 5.73 Å². The second-order valence-corrected chi connectivity index (χ2v) is 5.06. The molecule has 2 rings (SSSR count). The summed E-state index contributed by atoms with van der Waals surface area (Å²) in [5.74, 6) is -1.26. The van der Waals surface area contributed by atoms with Gasteiger partial charge in [-0.1, -0.05) is 41.9 Å². The van der Waals surface area contributed by atoms with Crippen LogP contribution in [0.2, 0.25) is 5.15 Å². The number of nitrogens with two attached hydrogens (primary N) is 1. The lowest BCUT2D eigenvalue weighted by atomic mass is 10.0. The number of hydrogen-bond donors (Lipinski definition) is 2. The van der Waals surface area contributed by atoms with Gasteiger partial charge >= 0.3 is 5.97 Å². The Kier molecular flexibility index (Phi) is 5.11. The summed E-state index contributed by atoms with van der Waals surface area (Å²) in [5.41, 5.74) is 7.03. The second kappa shape index (κ2) is 7.04. The highest BCUT2D eigenvalue weighted by Gasteiger charge is 2.17. The number of carboxylic acid groups (broad SMARTS) is 1. The fraction of sp³-hybridized carbons (Fsp3) is 0.267. The number of benzene rings is 1. The monoisotopic (exact) mass is 305 g/mol. The van der Waals surface area contributed by atoms with Crippen molar-refractivity contribution < 1.29 is 9.90 Å². The summed E-state index contributed by atoms with van der Waals surface area (Å²) in [4.78, 5) is 18.8. The summed E-state index contributed by atoms with van der Waals surface area (Å²) in [6, 6.07) is 10.1. The summed E-state index contributed by atoms with van der Waals surface area (Å²) in [6.07, 6.45) is 3.20. The van der Waals surface area contributed by atoms with Gasteiger partial charge in [-0.3, -0.25) is 0 Å². The predicted octanol–water partition coefficient (Wildman–Crippen LogP) is 2.98. The van der Waals surface area contributed by atoms with E-state index < -0.39 is 5.97 Å². The highest BCUT2D eigenvalue weighted by Crippen LogP contribution is 2.20. The Morgan fingerprint density at radius 2 is 1.81 bits per heavy atom. The van der Waals surface area contributed by atoms with Gasteiger partial charge in [0.15, 0.2) is 5.69 Å². The van der Waals surface area contributed by atoms with Crippen molar-refractivity contribution in [3.8, 4) is 0 Å². The van der Waals surface area contributed by atoms with Gasteiger partial charge in [0.25, 0.3) is 0 Å². The van der Waals surface area contributed by atoms with E-state index in [1.54, 1.807) is 0 Å². The molecule has 3 N–H and O–H groups in total. The minimum atomic E-state index is -1.14. The van der Waals surface area contributed by atoms with E-state index in [9.17, 15) is 4.79 Å². The van der Waals surface area contributed by atoms with Crippen molar-refractivity contribution in [3.63, 3.8) is 0 Å². The first-order chi connectivity index (χ1) is 10.1. The van der Waals surface area contributed by atoms with E-state index in [1.165, 1.54) is 5.56 Å². The number of rotatable bonds is 6. The van der Waals surface area contributed by atoms with Crippen LogP contribution in [0.1, 0.15) is 34.5 Å². The molecule has 1 heterocycles. The molecule has 0 aliphatic carbocycles. The molecule has 110 valence electrons. The molecule has 1 aromatic heterocycles. The molecule has 0 amide bonds. The van der Waals surface area contributed by atoms with E-state index >= 15 is 0 Å². The van der Waals surface area contributed by atoms with Crippen molar-refractivity contribution in [2.24, 2.45) is 0 Å². The Balaban J connectivity index is 1.98. The van der Waals surface area contributed by atoms with Crippen molar-refractivity contribution in [1.29, 1.82) is 0 Å². The molecule has 0 unspecified atom stereocenters. The third-order valence-corrected chi connectivity index (χ3v) is 3.47. The van der Waals surface area contributed by atoms with Crippen LogP contribution in [0.25, 0.3) is 0 Å². The lowest BCUT2D eigenvalue weighted by Gasteiger charge is -2.08. The van der Waals surface area contributed by atoms with Gasteiger partial charge in [0.1, 0.15) is 5.15 Å². The van der Waals surface area contributed by atoms with Crippen LogP contribution in [0.5, 0.6) is 0 Å². The number of nitrogens with zero attached hydrogens (tertiary/aromatic N) is 2. The van der Waals surface area contributed by atoms with Crippen LogP contribution >= 0.6 is 11.6 Å². The molecule has 0 fully saturated rings. The quantitative estimate of drug-likeness (QED) is 0.632. The molecule has 1 aromatic carbocycles. The first-order valence-corrected chi connectivity index (χ1v) is 7.05. The van der Waals surface area contributed by atoms with Gasteiger partial charge in [-0.2, -0.15) is 0 Å². The lowest BCUT2D eigenvalue weighted by Crippen LogP contribution is -2.11. The van der Waals surface area contributed by atoms with Gasteiger partial charge in [0, 0.05) is 5.56 Å². The van der Waals surface area contributed by atoms with E-state index in [0.717, 1.165) is 19.3 Å². The topological polar surface area (TPSA) is 89.1 Å². The third-order valence-electron chi connectivity index (χ3n) is 3.16. The highest BCUT2D eigenvalue weighted by molar-refractivity contribution is 6.30. The van der Waals surface area contributed by atoms with Gasteiger partial charge in [-0.15, -0.1) is 0 Å². The molecule has 0 saturated carbocycles. The maximum Gasteiger partial charge on any atom is 0.355 e. The average Bonchev–Trinajstić information content (AvgIpc) is 2.45. The van der Waals surface area contributed by atoms with E-state index in [4.69, 9.17) is 22.4 Å². The highest BCUT2D eigenvalue weighted by atomic mass is 35.5. The van der Waals surface area contributed by atoms with Gasteiger partial charge < -0.3 is 10.8 Å². The van der Waals surface area contributed by atoms with Crippen LogP contribution in [-0.2, 0) is 12.8 Å². The normalized spacial score (nSPS) is 10.5. The molecule has 0 aliphatic rings. The molecule has 21 heavy (non-hydrogen) atoms. The summed E-state index contributed by atoms with van der Waals surface area (Å²) in [7, 11) is 0. The number of unbranched alkanes of at least 4 members (excludes halogenated alkanes) is 1. The second-order valence-electron chi connectivity index (χ2n) is 4.70. The number of anilines is 1. The Bertz CT molecular complexity index is 632. The number of hydrogen-bond acceptors (Lipinski definition) is 4. The molecule has 0 bridgehead atoms. The summed E-state index contributed by atoms with van der Waals surface area (Å²) in [6.45, 7) is 0. The van der Waals surface area contributed by atoms with Gasteiger partial charge in [-0.25, -0.2) is 14.8 Å². The Labute approximate surface area is 127 Å². The molecule has 0 saturated heterocycles. The van der Waals surface area contributed by atoms with E-state index in [2.05, 4.69) is 22.1 Å². The fourth-order valence-corrected chi connectivity index (χ4v) is 2.42. The molecule has 0 radical (unpaired) electrons. The van der Waals surface area contributed by atoms with Crippen LogP contribution in [-0.4, -0.2) is 21.0 Å².